The summed E-state index contributed by atoms with van der Waals surface area (Å²) in [5.74, 6) is 0. The van der Waals surface area contributed by atoms with Crippen LogP contribution in [0.1, 0.15) is 59.3 Å². The lowest BCUT2D eigenvalue weighted by Gasteiger charge is -2.51. The summed E-state index contributed by atoms with van der Waals surface area (Å²) in [7, 11) is 0. The molecule has 0 aromatic heterocycles. The lowest BCUT2D eigenvalue weighted by Crippen LogP contribution is -2.51. The highest BCUT2D eigenvalue weighted by molar-refractivity contribution is 4.95. The first kappa shape index (κ1) is 10.5. The lowest BCUT2D eigenvalue weighted by molar-refractivity contribution is -0.00859. The monoisotopic (exact) mass is 195 g/mol. The second kappa shape index (κ2) is 3.52. The van der Waals surface area contributed by atoms with E-state index in [1.54, 1.807) is 0 Å². The van der Waals surface area contributed by atoms with E-state index in [-0.39, 0.29) is 0 Å². The van der Waals surface area contributed by atoms with Crippen molar-refractivity contribution >= 4 is 0 Å². The van der Waals surface area contributed by atoms with E-state index in [0.717, 1.165) is 5.41 Å². The molecule has 1 heterocycles. The van der Waals surface area contributed by atoms with Crippen LogP contribution in [0.2, 0.25) is 0 Å². The van der Waals surface area contributed by atoms with E-state index in [4.69, 9.17) is 0 Å². The number of rotatable bonds is 2. The van der Waals surface area contributed by atoms with Crippen molar-refractivity contribution in [3.63, 3.8) is 0 Å². The van der Waals surface area contributed by atoms with Crippen LogP contribution in [-0.2, 0) is 0 Å². The van der Waals surface area contributed by atoms with Gasteiger partial charge in [-0.05, 0) is 64.5 Å². The normalized spacial score (nSPS) is 27.6. The summed E-state index contributed by atoms with van der Waals surface area (Å²) in [4.78, 5) is 2.70. The van der Waals surface area contributed by atoms with Crippen molar-refractivity contribution in [1.82, 2.24) is 4.90 Å². The average Bonchev–Trinajstić information content (AvgIpc) is 2.16. The molecule has 1 spiro atoms. The molecule has 2 aliphatic rings. The van der Waals surface area contributed by atoms with Gasteiger partial charge in [0.1, 0.15) is 0 Å². The second-order valence-electron chi connectivity index (χ2n) is 6.01. The van der Waals surface area contributed by atoms with Gasteiger partial charge in [-0.15, -0.1) is 0 Å². The zero-order valence-corrected chi connectivity index (χ0v) is 10.1. The van der Waals surface area contributed by atoms with E-state index in [2.05, 4.69) is 25.7 Å². The van der Waals surface area contributed by atoms with E-state index in [9.17, 15) is 0 Å². The first-order chi connectivity index (χ1) is 6.58. The molecular weight excluding hydrogens is 170 g/mol. The van der Waals surface area contributed by atoms with Crippen molar-refractivity contribution in [1.29, 1.82) is 0 Å². The highest BCUT2D eigenvalue weighted by atomic mass is 15.2. The quantitative estimate of drug-likeness (QED) is 0.652. The fraction of sp³-hybridized carbons (Fsp3) is 1.00. The van der Waals surface area contributed by atoms with Gasteiger partial charge < -0.3 is 0 Å². The summed E-state index contributed by atoms with van der Waals surface area (Å²) in [6.45, 7) is 9.80. The average molecular weight is 195 g/mol. The van der Waals surface area contributed by atoms with E-state index in [0.29, 0.717) is 5.54 Å². The van der Waals surface area contributed by atoms with Crippen LogP contribution in [-0.4, -0.2) is 23.5 Å². The van der Waals surface area contributed by atoms with E-state index < -0.39 is 0 Å². The Balaban J connectivity index is 1.89. The van der Waals surface area contributed by atoms with Gasteiger partial charge in [-0.25, -0.2) is 0 Å². The maximum absolute atomic E-state index is 2.70. The Morgan fingerprint density at radius 2 is 1.64 bits per heavy atom. The van der Waals surface area contributed by atoms with Gasteiger partial charge in [-0.2, -0.15) is 0 Å². The summed E-state index contributed by atoms with van der Waals surface area (Å²) in [6.07, 6.45) is 8.75. The van der Waals surface area contributed by atoms with Crippen LogP contribution in [0.25, 0.3) is 0 Å². The third-order valence-corrected chi connectivity index (χ3v) is 4.96. The van der Waals surface area contributed by atoms with Crippen molar-refractivity contribution in [3.05, 3.63) is 0 Å². The van der Waals surface area contributed by atoms with Gasteiger partial charge in [0, 0.05) is 5.54 Å². The molecule has 0 bridgehead atoms. The zero-order valence-electron chi connectivity index (χ0n) is 10.1. The molecule has 2 rings (SSSR count). The molecule has 82 valence electrons. The van der Waals surface area contributed by atoms with E-state index in [1.807, 2.05) is 0 Å². The van der Waals surface area contributed by atoms with Gasteiger partial charge >= 0.3 is 0 Å². The van der Waals surface area contributed by atoms with Crippen LogP contribution < -0.4 is 0 Å². The fourth-order valence-corrected chi connectivity index (χ4v) is 2.99. The minimum absolute atomic E-state index is 0.436. The van der Waals surface area contributed by atoms with Crippen LogP contribution in [0.3, 0.4) is 0 Å². The largest absolute Gasteiger partial charge is 0.298 e. The number of hydrogen-bond donors (Lipinski definition) is 0. The van der Waals surface area contributed by atoms with Crippen molar-refractivity contribution in [2.45, 2.75) is 64.8 Å². The smallest absolute Gasteiger partial charge is 0.0150 e. The molecule has 0 unspecified atom stereocenters. The van der Waals surface area contributed by atoms with Crippen LogP contribution >= 0.6 is 0 Å². The van der Waals surface area contributed by atoms with E-state index in [1.165, 1.54) is 51.6 Å². The predicted octanol–water partition coefficient (Wildman–Crippen LogP) is 3.44. The number of likely N-dealkylation sites (tertiary alicyclic amines) is 1. The molecule has 1 saturated heterocycles. The van der Waals surface area contributed by atoms with Crippen molar-refractivity contribution < 1.29 is 0 Å². The highest BCUT2D eigenvalue weighted by Crippen LogP contribution is 2.49. The van der Waals surface area contributed by atoms with Gasteiger partial charge in [-0.3, -0.25) is 4.90 Å². The first-order valence-corrected chi connectivity index (χ1v) is 6.33. The topological polar surface area (TPSA) is 3.24 Å². The summed E-state index contributed by atoms with van der Waals surface area (Å²) in [5.41, 5.74) is 1.24. The molecule has 1 heteroatoms. The predicted molar refractivity (Wildman–Crippen MR) is 61.5 cm³/mol. The third-order valence-electron chi connectivity index (χ3n) is 4.96. The maximum Gasteiger partial charge on any atom is 0.0150 e. The molecule has 0 N–H and O–H groups in total. The fourth-order valence-electron chi connectivity index (χ4n) is 2.99. The lowest BCUT2D eigenvalue weighted by atomic mass is 9.63. The van der Waals surface area contributed by atoms with Crippen LogP contribution in [0, 0.1) is 5.41 Å². The van der Waals surface area contributed by atoms with Gasteiger partial charge in [-0.1, -0.05) is 13.3 Å². The SMILES string of the molecule is CCC(C)(C)N1CCC2(CCC2)CC1. The first-order valence-electron chi connectivity index (χ1n) is 6.33. The summed E-state index contributed by atoms with van der Waals surface area (Å²) in [6, 6.07) is 0. The summed E-state index contributed by atoms with van der Waals surface area (Å²) in [5, 5.41) is 0. The van der Waals surface area contributed by atoms with Crippen molar-refractivity contribution in [2.75, 3.05) is 13.1 Å². The molecule has 0 aromatic rings. The van der Waals surface area contributed by atoms with Crippen LogP contribution in [0.5, 0.6) is 0 Å². The van der Waals surface area contributed by atoms with Gasteiger partial charge in [0.15, 0.2) is 0 Å². The Bertz CT molecular complexity index is 193. The summed E-state index contributed by atoms with van der Waals surface area (Å²) >= 11 is 0. The number of piperidine rings is 1. The Labute approximate surface area is 88.9 Å². The highest BCUT2D eigenvalue weighted by Gasteiger charge is 2.41. The van der Waals surface area contributed by atoms with Crippen molar-refractivity contribution in [2.24, 2.45) is 5.41 Å². The molecule has 1 saturated carbocycles. The van der Waals surface area contributed by atoms with Crippen molar-refractivity contribution in [3.8, 4) is 0 Å². The molecule has 0 aromatic carbocycles. The Morgan fingerprint density at radius 1 is 1.07 bits per heavy atom. The summed E-state index contributed by atoms with van der Waals surface area (Å²) < 4.78 is 0. The Hall–Kier alpha value is -0.0400. The molecule has 14 heavy (non-hydrogen) atoms. The molecular formula is C13H25N. The maximum atomic E-state index is 2.70. The minimum Gasteiger partial charge on any atom is -0.298 e. The van der Waals surface area contributed by atoms with Gasteiger partial charge in [0.2, 0.25) is 0 Å². The van der Waals surface area contributed by atoms with E-state index >= 15 is 0 Å². The number of hydrogen-bond acceptors (Lipinski definition) is 1. The molecule has 1 nitrogen and oxygen atoms in total. The van der Waals surface area contributed by atoms with Crippen LogP contribution in [0.4, 0.5) is 0 Å². The number of nitrogens with zero attached hydrogens (tertiary/aromatic N) is 1. The van der Waals surface area contributed by atoms with Crippen LogP contribution in [0.15, 0.2) is 0 Å². The molecule has 2 fully saturated rings. The Kier molecular flexibility index (Phi) is 2.63. The zero-order chi connectivity index (χ0) is 10.2. The minimum atomic E-state index is 0.436. The molecule has 0 radical (unpaired) electrons. The molecule has 1 aliphatic carbocycles. The standard InChI is InChI=1S/C13H25N/c1-4-12(2,3)14-10-8-13(9-11-14)6-5-7-13/h4-11H2,1-3H3. The molecule has 0 amide bonds. The molecule has 0 atom stereocenters. The Morgan fingerprint density at radius 3 is 2.00 bits per heavy atom. The third kappa shape index (κ3) is 1.71. The van der Waals surface area contributed by atoms with Gasteiger partial charge in [0.25, 0.3) is 0 Å². The van der Waals surface area contributed by atoms with Gasteiger partial charge in [0.05, 0.1) is 0 Å². The second-order valence-corrected chi connectivity index (χ2v) is 6.01. The molecule has 1 aliphatic heterocycles.